The van der Waals surface area contributed by atoms with Gasteiger partial charge in [-0.3, -0.25) is 10.1 Å². The highest BCUT2D eigenvalue weighted by molar-refractivity contribution is 7.18. The van der Waals surface area contributed by atoms with E-state index in [0.29, 0.717) is 10.1 Å². The average molecular weight is 209 g/mol. The summed E-state index contributed by atoms with van der Waals surface area (Å²) in [6.07, 6.45) is 0. The molecule has 1 N–H and O–H groups in total. The number of nitro groups is 1. The first-order chi connectivity index (χ1) is 6.61. The van der Waals surface area contributed by atoms with Gasteiger partial charge in [0.05, 0.1) is 20.4 Å². The van der Waals surface area contributed by atoms with Crippen LogP contribution in [-0.2, 0) is 0 Å². The Bertz CT molecular complexity index is 518. The molecular weight excluding hydrogens is 202 g/mol. The van der Waals surface area contributed by atoms with Crippen LogP contribution in [0.5, 0.6) is 5.75 Å². The number of phenolic OH excluding ortho intramolecular Hbond substituents is 1. The maximum atomic E-state index is 10.6. The summed E-state index contributed by atoms with van der Waals surface area (Å²) in [6, 6.07) is 3.34. The highest BCUT2D eigenvalue weighted by Crippen LogP contribution is 2.38. The molecule has 5 heteroatoms. The number of benzene rings is 1. The van der Waals surface area contributed by atoms with Crippen LogP contribution in [-0.4, -0.2) is 10.0 Å². The highest BCUT2D eigenvalue weighted by Gasteiger charge is 2.16. The molecule has 0 radical (unpaired) electrons. The molecule has 0 amide bonds. The van der Waals surface area contributed by atoms with Crippen LogP contribution >= 0.6 is 11.3 Å². The van der Waals surface area contributed by atoms with Gasteiger partial charge in [-0.1, -0.05) is 6.07 Å². The van der Waals surface area contributed by atoms with Gasteiger partial charge in [-0.15, -0.1) is 11.3 Å². The molecule has 0 saturated heterocycles. The highest BCUT2D eigenvalue weighted by atomic mass is 32.1. The summed E-state index contributed by atoms with van der Waals surface area (Å²) < 4.78 is 0.580. The average Bonchev–Trinajstić information content (AvgIpc) is 2.55. The minimum absolute atomic E-state index is 0.0558. The van der Waals surface area contributed by atoms with E-state index in [1.165, 1.54) is 16.7 Å². The zero-order valence-electron chi connectivity index (χ0n) is 7.35. The van der Waals surface area contributed by atoms with E-state index in [0.717, 1.165) is 5.56 Å². The Morgan fingerprint density at radius 3 is 2.86 bits per heavy atom. The van der Waals surface area contributed by atoms with Gasteiger partial charge < -0.3 is 5.11 Å². The lowest BCUT2D eigenvalue weighted by atomic mass is 10.1. The number of aromatic hydroxyl groups is 1. The molecule has 0 aliphatic heterocycles. The Morgan fingerprint density at radius 2 is 2.21 bits per heavy atom. The largest absolute Gasteiger partial charge is 0.506 e. The SMILES string of the molecule is Cc1ccc2c([N+](=O)[O-])csc2c1O. The Hall–Kier alpha value is -1.62. The van der Waals surface area contributed by atoms with E-state index in [1.807, 2.05) is 0 Å². The third-order valence-corrected chi connectivity index (χ3v) is 3.08. The summed E-state index contributed by atoms with van der Waals surface area (Å²) in [5, 5.41) is 22.2. The second-order valence-corrected chi connectivity index (χ2v) is 3.87. The summed E-state index contributed by atoms with van der Waals surface area (Å²) in [4.78, 5) is 10.2. The summed E-state index contributed by atoms with van der Waals surface area (Å²) in [7, 11) is 0. The zero-order valence-corrected chi connectivity index (χ0v) is 8.17. The Balaban J connectivity index is 2.83. The molecule has 2 aromatic rings. The summed E-state index contributed by atoms with van der Waals surface area (Å²) in [5.74, 6) is 0.139. The maximum absolute atomic E-state index is 10.6. The van der Waals surface area contributed by atoms with Crippen LogP contribution in [0.2, 0.25) is 0 Å². The van der Waals surface area contributed by atoms with E-state index in [-0.39, 0.29) is 11.4 Å². The zero-order chi connectivity index (χ0) is 10.3. The summed E-state index contributed by atoms with van der Waals surface area (Å²) in [5.41, 5.74) is 0.787. The lowest BCUT2D eigenvalue weighted by Crippen LogP contribution is -1.85. The molecule has 0 unspecified atom stereocenters. The fourth-order valence-corrected chi connectivity index (χ4v) is 2.32. The molecule has 4 nitrogen and oxygen atoms in total. The van der Waals surface area contributed by atoms with E-state index < -0.39 is 4.92 Å². The molecule has 1 aromatic carbocycles. The van der Waals surface area contributed by atoms with Gasteiger partial charge in [0.1, 0.15) is 5.75 Å². The van der Waals surface area contributed by atoms with Crippen molar-refractivity contribution in [3.63, 3.8) is 0 Å². The lowest BCUT2D eigenvalue weighted by molar-refractivity contribution is -0.382. The van der Waals surface area contributed by atoms with Crippen molar-refractivity contribution in [2.45, 2.75) is 6.92 Å². The predicted octanol–water partition coefficient (Wildman–Crippen LogP) is 2.82. The maximum Gasteiger partial charge on any atom is 0.287 e. The standard InChI is InChI=1S/C9H7NO3S/c1-5-2-3-6-7(10(12)13)4-14-9(6)8(5)11/h2-4,11H,1H3. The molecule has 0 bridgehead atoms. The van der Waals surface area contributed by atoms with Gasteiger partial charge in [0.15, 0.2) is 0 Å². The van der Waals surface area contributed by atoms with E-state index >= 15 is 0 Å². The topological polar surface area (TPSA) is 63.4 Å². The van der Waals surface area contributed by atoms with E-state index in [9.17, 15) is 15.2 Å². The second kappa shape index (κ2) is 2.95. The van der Waals surface area contributed by atoms with Crippen molar-refractivity contribution < 1.29 is 10.0 Å². The fraction of sp³-hybridized carbons (Fsp3) is 0.111. The summed E-state index contributed by atoms with van der Waals surface area (Å²) >= 11 is 1.19. The number of hydrogen-bond donors (Lipinski definition) is 1. The van der Waals surface area contributed by atoms with Crippen LogP contribution in [0.4, 0.5) is 5.69 Å². The monoisotopic (exact) mass is 209 g/mol. The number of fused-ring (bicyclic) bond motifs is 1. The fourth-order valence-electron chi connectivity index (χ4n) is 1.31. The van der Waals surface area contributed by atoms with Crippen LogP contribution in [0.3, 0.4) is 0 Å². The lowest BCUT2D eigenvalue weighted by Gasteiger charge is -1.97. The van der Waals surface area contributed by atoms with Gasteiger partial charge in [0, 0.05) is 0 Å². The number of thiophene rings is 1. The Morgan fingerprint density at radius 1 is 1.50 bits per heavy atom. The number of phenols is 1. The van der Waals surface area contributed by atoms with Crippen LogP contribution in [0, 0.1) is 17.0 Å². The van der Waals surface area contributed by atoms with Crippen LogP contribution in [0.25, 0.3) is 10.1 Å². The number of nitrogens with zero attached hydrogens (tertiary/aromatic N) is 1. The second-order valence-electron chi connectivity index (χ2n) is 2.99. The van der Waals surface area contributed by atoms with Crippen molar-refractivity contribution in [2.24, 2.45) is 0 Å². The molecule has 0 saturated carbocycles. The molecule has 1 heterocycles. The van der Waals surface area contributed by atoms with Gasteiger partial charge >= 0.3 is 0 Å². The van der Waals surface area contributed by atoms with Gasteiger partial charge in [-0.25, -0.2) is 0 Å². The van der Waals surface area contributed by atoms with E-state index in [1.54, 1.807) is 19.1 Å². The van der Waals surface area contributed by atoms with Gasteiger partial charge in [0.25, 0.3) is 5.69 Å². The Kier molecular flexibility index (Phi) is 1.89. The first kappa shape index (κ1) is 8.96. The van der Waals surface area contributed by atoms with Crippen molar-refractivity contribution in [2.75, 3.05) is 0 Å². The molecule has 0 spiro atoms. The minimum Gasteiger partial charge on any atom is -0.506 e. The Labute approximate surface area is 83.6 Å². The number of rotatable bonds is 1. The minimum atomic E-state index is -0.437. The van der Waals surface area contributed by atoms with Crippen molar-refractivity contribution in [1.82, 2.24) is 0 Å². The molecule has 0 aliphatic rings. The molecule has 0 aliphatic carbocycles. The first-order valence-electron chi connectivity index (χ1n) is 3.95. The molecule has 14 heavy (non-hydrogen) atoms. The molecule has 72 valence electrons. The number of aryl methyl sites for hydroxylation is 1. The normalized spacial score (nSPS) is 10.6. The molecule has 1 aromatic heterocycles. The molecule has 2 rings (SSSR count). The van der Waals surface area contributed by atoms with Gasteiger partial charge in [0.2, 0.25) is 0 Å². The van der Waals surface area contributed by atoms with Crippen molar-refractivity contribution in [3.8, 4) is 5.75 Å². The van der Waals surface area contributed by atoms with E-state index in [2.05, 4.69) is 0 Å². The van der Waals surface area contributed by atoms with Crippen molar-refractivity contribution >= 4 is 27.1 Å². The summed E-state index contributed by atoms with van der Waals surface area (Å²) in [6.45, 7) is 1.76. The van der Waals surface area contributed by atoms with Crippen LogP contribution in [0.15, 0.2) is 17.5 Å². The first-order valence-corrected chi connectivity index (χ1v) is 4.83. The third kappa shape index (κ3) is 1.13. The smallest absolute Gasteiger partial charge is 0.287 e. The molecule has 0 atom stereocenters. The van der Waals surface area contributed by atoms with Crippen molar-refractivity contribution in [3.05, 3.63) is 33.2 Å². The van der Waals surface area contributed by atoms with Gasteiger partial charge in [-0.05, 0) is 18.6 Å². The number of hydrogen-bond acceptors (Lipinski definition) is 4. The van der Waals surface area contributed by atoms with Crippen LogP contribution < -0.4 is 0 Å². The predicted molar refractivity (Wildman–Crippen MR) is 54.9 cm³/mol. The molecular formula is C9H7NO3S. The van der Waals surface area contributed by atoms with Crippen LogP contribution in [0.1, 0.15) is 5.56 Å². The molecule has 0 fully saturated rings. The quantitative estimate of drug-likeness (QED) is 0.580. The van der Waals surface area contributed by atoms with E-state index in [4.69, 9.17) is 0 Å². The van der Waals surface area contributed by atoms with Crippen molar-refractivity contribution in [1.29, 1.82) is 0 Å². The van der Waals surface area contributed by atoms with Gasteiger partial charge in [-0.2, -0.15) is 0 Å². The third-order valence-electron chi connectivity index (χ3n) is 2.09.